The molecule has 10 heteroatoms. The van der Waals surface area contributed by atoms with Gasteiger partial charge in [0.05, 0.1) is 23.6 Å². The Morgan fingerprint density at radius 2 is 1.63 bits per heavy atom. The van der Waals surface area contributed by atoms with E-state index in [0.717, 1.165) is 5.52 Å². The van der Waals surface area contributed by atoms with Crippen LogP contribution in [0, 0.1) is 0 Å². The van der Waals surface area contributed by atoms with Gasteiger partial charge < -0.3 is 29.3 Å². The molecule has 6 rings (SSSR count). The van der Waals surface area contributed by atoms with Gasteiger partial charge in [-0.1, -0.05) is 0 Å². The summed E-state index contributed by atoms with van der Waals surface area (Å²) in [6.45, 7) is 0. The van der Waals surface area contributed by atoms with E-state index in [1.54, 1.807) is 67.1 Å². The van der Waals surface area contributed by atoms with Crippen LogP contribution < -0.4 is 5.32 Å². The molecule has 38 heavy (non-hydrogen) atoms. The van der Waals surface area contributed by atoms with Crippen molar-refractivity contribution in [3.8, 4) is 28.7 Å². The van der Waals surface area contributed by atoms with Crippen molar-refractivity contribution in [2.45, 2.75) is 12.5 Å². The summed E-state index contributed by atoms with van der Waals surface area (Å²) in [7, 11) is 0. The van der Waals surface area contributed by atoms with Gasteiger partial charge >= 0.3 is 5.97 Å². The van der Waals surface area contributed by atoms with Crippen LogP contribution in [0.1, 0.15) is 15.9 Å². The third-order valence-electron chi connectivity index (χ3n) is 6.21. The number of carbonyl (C=O) groups is 2. The molecule has 0 bridgehead atoms. The first kappa shape index (κ1) is 23.0. The standard InChI is InChI=1S/C28H20N4O6/c33-17-6-8-19-18(13-17)16(14-29-19)12-22(28(35)36)32-27(34)15-5-7-20-21(11-15)31-26(24-4-2-10-38-24)25(30-20)23-3-1-9-37-23/h1-11,13-14,22,29,33H,12H2,(H,32,34)(H,35,36)/t22-/m0/s1. The molecular formula is C28H20N4O6. The van der Waals surface area contributed by atoms with Crippen molar-refractivity contribution in [1.29, 1.82) is 0 Å². The lowest BCUT2D eigenvalue weighted by Gasteiger charge is -2.15. The Labute approximate surface area is 214 Å². The molecule has 0 saturated heterocycles. The monoisotopic (exact) mass is 508 g/mol. The lowest BCUT2D eigenvalue weighted by Crippen LogP contribution is -2.42. The number of carboxylic acid groups (broad SMARTS) is 1. The van der Waals surface area contributed by atoms with Crippen molar-refractivity contribution in [3.05, 3.63) is 90.5 Å². The Bertz CT molecular complexity index is 1790. The number of amides is 1. The smallest absolute Gasteiger partial charge is 0.326 e. The fraction of sp³-hybridized carbons (Fsp3) is 0.0714. The van der Waals surface area contributed by atoms with Crippen LogP contribution in [-0.4, -0.2) is 43.1 Å². The molecule has 6 aromatic rings. The quantitative estimate of drug-likeness (QED) is 0.241. The van der Waals surface area contributed by atoms with E-state index in [0.29, 0.717) is 44.9 Å². The molecule has 1 atom stereocenters. The van der Waals surface area contributed by atoms with Gasteiger partial charge in [-0.05, 0) is 66.2 Å². The first-order valence-corrected chi connectivity index (χ1v) is 11.7. The second-order valence-corrected chi connectivity index (χ2v) is 8.69. The van der Waals surface area contributed by atoms with Gasteiger partial charge in [-0.25, -0.2) is 14.8 Å². The molecule has 0 fully saturated rings. The molecule has 0 aliphatic heterocycles. The molecular weight excluding hydrogens is 488 g/mol. The van der Waals surface area contributed by atoms with Crippen molar-refractivity contribution >= 4 is 33.8 Å². The highest BCUT2D eigenvalue weighted by Crippen LogP contribution is 2.32. The molecule has 1 amide bonds. The first-order chi connectivity index (χ1) is 18.5. The third kappa shape index (κ3) is 4.24. The van der Waals surface area contributed by atoms with Gasteiger partial charge in [0.2, 0.25) is 0 Å². The fourth-order valence-electron chi connectivity index (χ4n) is 4.36. The van der Waals surface area contributed by atoms with Gasteiger partial charge in [-0.3, -0.25) is 4.79 Å². The topological polar surface area (TPSA) is 154 Å². The zero-order valence-corrected chi connectivity index (χ0v) is 19.7. The lowest BCUT2D eigenvalue weighted by atomic mass is 10.0. The van der Waals surface area contributed by atoms with Crippen LogP contribution >= 0.6 is 0 Å². The largest absolute Gasteiger partial charge is 0.508 e. The van der Waals surface area contributed by atoms with Crippen LogP contribution in [0.3, 0.4) is 0 Å². The van der Waals surface area contributed by atoms with Crippen molar-refractivity contribution in [2.24, 2.45) is 0 Å². The number of nitrogens with one attached hydrogen (secondary N) is 2. The van der Waals surface area contributed by atoms with E-state index in [1.807, 2.05) is 0 Å². The summed E-state index contributed by atoms with van der Waals surface area (Å²) >= 11 is 0. The first-order valence-electron chi connectivity index (χ1n) is 11.7. The average molecular weight is 508 g/mol. The van der Waals surface area contributed by atoms with Crippen molar-refractivity contribution in [3.63, 3.8) is 0 Å². The summed E-state index contributed by atoms with van der Waals surface area (Å²) in [5, 5.41) is 22.9. The summed E-state index contributed by atoms with van der Waals surface area (Å²) in [6, 6.07) is 15.4. The number of carbonyl (C=O) groups excluding carboxylic acids is 1. The number of aromatic amines is 1. The summed E-state index contributed by atoms with van der Waals surface area (Å²) in [4.78, 5) is 37.6. The number of hydrogen-bond donors (Lipinski definition) is 4. The Morgan fingerprint density at radius 3 is 2.29 bits per heavy atom. The molecule has 0 saturated carbocycles. The number of phenolic OH excluding ortho intramolecular Hbond substituents is 1. The predicted molar refractivity (Wildman–Crippen MR) is 137 cm³/mol. The van der Waals surface area contributed by atoms with Gasteiger partial charge in [0, 0.05) is 29.1 Å². The molecule has 4 N–H and O–H groups in total. The van der Waals surface area contributed by atoms with E-state index in [9.17, 15) is 19.8 Å². The zero-order chi connectivity index (χ0) is 26.2. The number of nitrogens with zero attached hydrogens (tertiary/aromatic N) is 2. The van der Waals surface area contributed by atoms with Crippen LogP contribution in [0.5, 0.6) is 5.75 Å². The van der Waals surface area contributed by atoms with Gasteiger partial charge in [0.25, 0.3) is 5.91 Å². The summed E-state index contributed by atoms with van der Waals surface area (Å²) in [5.41, 5.74) is 3.52. The van der Waals surface area contributed by atoms with Gasteiger partial charge in [0.15, 0.2) is 11.5 Å². The maximum atomic E-state index is 13.1. The maximum absolute atomic E-state index is 13.1. The summed E-state index contributed by atoms with van der Waals surface area (Å²) < 4.78 is 11.1. The second-order valence-electron chi connectivity index (χ2n) is 8.69. The average Bonchev–Trinajstić information content (AvgIpc) is 3.70. The number of fused-ring (bicyclic) bond motifs is 2. The highest BCUT2D eigenvalue weighted by Gasteiger charge is 2.24. The van der Waals surface area contributed by atoms with Crippen molar-refractivity contribution < 1.29 is 28.6 Å². The number of benzene rings is 2. The van der Waals surface area contributed by atoms with Crippen LogP contribution in [-0.2, 0) is 11.2 Å². The van der Waals surface area contributed by atoms with Gasteiger partial charge in [-0.2, -0.15) is 0 Å². The Morgan fingerprint density at radius 1 is 0.921 bits per heavy atom. The minimum absolute atomic E-state index is 0.0209. The van der Waals surface area contributed by atoms with E-state index in [1.165, 1.54) is 12.3 Å². The molecule has 4 aromatic heterocycles. The Kier molecular flexibility index (Phi) is 5.61. The normalized spacial score (nSPS) is 12.1. The van der Waals surface area contributed by atoms with E-state index in [4.69, 9.17) is 13.8 Å². The van der Waals surface area contributed by atoms with Crippen LogP contribution in [0.25, 0.3) is 44.8 Å². The van der Waals surface area contributed by atoms with Crippen molar-refractivity contribution in [1.82, 2.24) is 20.3 Å². The van der Waals surface area contributed by atoms with Crippen LogP contribution in [0.15, 0.2) is 88.2 Å². The molecule has 0 spiro atoms. The molecule has 0 unspecified atom stereocenters. The second kappa shape index (κ2) is 9.25. The van der Waals surface area contributed by atoms with Crippen molar-refractivity contribution in [2.75, 3.05) is 0 Å². The molecule has 0 radical (unpaired) electrons. The predicted octanol–water partition coefficient (Wildman–Crippen LogP) is 4.76. The SMILES string of the molecule is O=C(N[C@@H](Cc1c[nH]c2ccc(O)cc12)C(=O)O)c1ccc2nc(-c3ccco3)c(-c3ccco3)nc2c1. The minimum atomic E-state index is -1.20. The molecule has 4 heterocycles. The molecule has 0 aliphatic rings. The summed E-state index contributed by atoms with van der Waals surface area (Å²) in [5.74, 6) is -0.690. The number of H-pyrrole nitrogens is 1. The molecule has 2 aromatic carbocycles. The number of phenols is 1. The highest BCUT2D eigenvalue weighted by molar-refractivity contribution is 5.99. The highest BCUT2D eigenvalue weighted by atomic mass is 16.4. The number of carboxylic acids is 1. The van der Waals surface area contributed by atoms with Gasteiger partial charge in [-0.15, -0.1) is 0 Å². The van der Waals surface area contributed by atoms with Crippen LogP contribution in [0.4, 0.5) is 0 Å². The lowest BCUT2D eigenvalue weighted by molar-refractivity contribution is -0.139. The number of hydrogen-bond acceptors (Lipinski definition) is 7. The van der Waals surface area contributed by atoms with E-state index < -0.39 is 17.9 Å². The third-order valence-corrected chi connectivity index (χ3v) is 6.21. The Hall–Kier alpha value is -5.38. The number of aromatic nitrogens is 3. The summed E-state index contributed by atoms with van der Waals surface area (Å²) in [6.07, 6.45) is 4.76. The van der Waals surface area contributed by atoms with E-state index >= 15 is 0 Å². The molecule has 10 nitrogen and oxygen atoms in total. The fourth-order valence-corrected chi connectivity index (χ4v) is 4.36. The molecule has 188 valence electrons. The maximum Gasteiger partial charge on any atom is 0.326 e. The number of furan rings is 2. The number of rotatable bonds is 7. The van der Waals surface area contributed by atoms with Crippen LogP contribution in [0.2, 0.25) is 0 Å². The number of aromatic hydroxyl groups is 1. The van der Waals surface area contributed by atoms with E-state index in [2.05, 4.69) is 15.3 Å². The number of aliphatic carboxylic acids is 1. The minimum Gasteiger partial charge on any atom is -0.508 e. The van der Waals surface area contributed by atoms with E-state index in [-0.39, 0.29) is 17.7 Å². The van der Waals surface area contributed by atoms with Gasteiger partial charge in [0.1, 0.15) is 23.2 Å². The zero-order valence-electron chi connectivity index (χ0n) is 19.7. The molecule has 0 aliphatic carbocycles. The Balaban J connectivity index is 1.31.